The standard InChI is InChI=1S/C27H32N6O2S/c1-19-4-3-5-20(16-19)21(28)6-7-29-25-18-23(32-12-14-35-15-13-32)26-22(30-25)17-24(36-26)27(34)33-10-8-31(2)9-11-33/h3-7,16-18H,8-15,28H2,1-2H3/b21-6-,29-7?. The van der Waals surface area contributed by atoms with Gasteiger partial charge in [0, 0.05) is 57.2 Å². The van der Waals surface area contributed by atoms with Crippen molar-refractivity contribution in [1.29, 1.82) is 0 Å². The second-order valence-corrected chi connectivity index (χ2v) is 10.3. The number of hydrogen-bond donors (Lipinski definition) is 1. The number of hydrogen-bond acceptors (Lipinski definition) is 8. The number of aryl methyl sites for hydroxylation is 1. The summed E-state index contributed by atoms with van der Waals surface area (Å²) >= 11 is 1.52. The number of carbonyl (C=O) groups is 1. The highest BCUT2D eigenvalue weighted by atomic mass is 32.1. The van der Waals surface area contributed by atoms with E-state index in [2.05, 4.69) is 21.8 Å². The topological polar surface area (TPSA) is 87.3 Å². The van der Waals surface area contributed by atoms with Crippen molar-refractivity contribution < 1.29 is 9.53 Å². The first-order valence-electron chi connectivity index (χ1n) is 12.3. The van der Waals surface area contributed by atoms with Crippen LogP contribution in [0.2, 0.25) is 0 Å². The number of nitrogens with zero attached hydrogens (tertiary/aromatic N) is 5. The zero-order valence-corrected chi connectivity index (χ0v) is 21.6. The number of benzene rings is 1. The van der Waals surface area contributed by atoms with E-state index in [1.54, 1.807) is 12.3 Å². The van der Waals surface area contributed by atoms with Gasteiger partial charge in [-0.3, -0.25) is 4.79 Å². The molecule has 2 saturated heterocycles. The number of pyridine rings is 1. The molecule has 0 saturated carbocycles. The normalized spacial score (nSPS) is 17.9. The number of nitrogens with two attached hydrogens (primary N) is 1. The molecule has 2 N–H and O–H groups in total. The maximum Gasteiger partial charge on any atom is 0.264 e. The number of piperazine rings is 1. The number of fused-ring (bicyclic) bond motifs is 1. The van der Waals surface area contributed by atoms with Gasteiger partial charge in [-0.15, -0.1) is 11.3 Å². The van der Waals surface area contributed by atoms with Crippen molar-refractivity contribution in [2.24, 2.45) is 10.7 Å². The third-order valence-electron chi connectivity index (χ3n) is 6.61. The number of amides is 1. The lowest BCUT2D eigenvalue weighted by molar-refractivity contribution is 0.0669. The molecule has 2 aromatic heterocycles. The summed E-state index contributed by atoms with van der Waals surface area (Å²) in [6.45, 7) is 8.27. The first-order chi connectivity index (χ1) is 17.5. The Morgan fingerprint density at radius 1 is 1.11 bits per heavy atom. The average molecular weight is 505 g/mol. The largest absolute Gasteiger partial charge is 0.398 e. The van der Waals surface area contributed by atoms with Gasteiger partial charge in [-0.25, -0.2) is 9.98 Å². The number of anilines is 1. The monoisotopic (exact) mass is 504 g/mol. The fraction of sp³-hybridized carbons (Fsp3) is 0.370. The molecule has 5 rings (SSSR count). The molecule has 0 unspecified atom stereocenters. The van der Waals surface area contributed by atoms with Crippen LogP contribution in [0.15, 0.2) is 47.5 Å². The maximum atomic E-state index is 13.3. The first-order valence-corrected chi connectivity index (χ1v) is 13.1. The van der Waals surface area contributed by atoms with E-state index in [0.717, 1.165) is 71.2 Å². The van der Waals surface area contributed by atoms with Gasteiger partial charge in [0.2, 0.25) is 0 Å². The average Bonchev–Trinajstić information content (AvgIpc) is 3.33. The zero-order valence-electron chi connectivity index (χ0n) is 20.8. The van der Waals surface area contributed by atoms with Gasteiger partial charge in [-0.05, 0) is 37.7 Å². The molecule has 36 heavy (non-hydrogen) atoms. The van der Waals surface area contributed by atoms with Crippen LogP contribution in [0.1, 0.15) is 20.8 Å². The van der Waals surface area contributed by atoms with Crippen LogP contribution in [0.4, 0.5) is 11.5 Å². The Morgan fingerprint density at radius 2 is 1.89 bits per heavy atom. The second kappa shape index (κ2) is 10.8. The number of carbonyl (C=O) groups excluding carboxylic acids is 1. The van der Waals surface area contributed by atoms with Crippen molar-refractivity contribution >= 4 is 50.9 Å². The first kappa shape index (κ1) is 24.4. The number of likely N-dealkylation sites (N-methyl/N-ethyl adjacent to an activating group) is 1. The van der Waals surface area contributed by atoms with E-state index in [-0.39, 0.29) is 5.91 Å². The number of morpholine rings is 1. The lowest BCUT2D eigenvalue weighted by atomic mass is 10.1. The van der Waals surface area contributed by atoms with Crippen LogP contribution >= 0.6 is 11.3 Å². The zero-order chi connectivity index (χ0) is 25.1. The number of ether oxygens (including phenoxy) is 1. The second-order valence-electron chi connectivity index (χ2n) is 9.29. The Kier molecular flexibility index (Phi) is 7.31. The molecule has 2 fully saturated rings. The van der Waals surface area contributed by atoms with E-state index in [9.17, 15) is 4.79 Å². The van der Waals surface area contributed by atoms with E-state index >= 15 is 0 Å². The Morgan fingerprint density at radius 3 is 2.64 bits per heavy atom. The van der Waals surface area contributed by atoms with Crippen molar-refractivity contribution in [3.05, 3.63) is 58.5 Å². The summed E-state index contributed by atoms with van der Waals surface area (Å²) in [4.78, 5) is 29.9. The number of aromatic nitrogens is 1. The fourth-order valence-corrected chi connectivity index (χ4v) is 5.59. The molecule has 0 bridgehead atoms. The molecule has 0 aliphatic carbocycles. The summed E-state index contributed by atoms with van der Waals surface area (Å²) < 4.78 is 6.58. The molecule has 2 aliphatic rings. The minimum Gasteiger partial charge on any atom is -0.398 e. The molecular weight excluding hydrogens is 472 g/mol. The van der Waals surface area contributed by atoms with Crippen LogP contribution in [0.5, 0.6) is 0 Å². The van der Waals surface area contributed by atoms with Crippen molar-refractivity contribution in [3.63, 3.8) is 0 Å². The predicted molar refractivity (Wildman–Crippen MR) is 148 cm³/mol. The maximum absolute atomic E-state index is 13.3. The van der Waals surface area contributed by atoms with E-state index in [4.69, 9.17) is 15.5 Å². The highest BCUT2D eigenvalue weighted by molar-refractivity contribution is 7.21. The third kappa shape index (κ3) is 5.43. The van der Waals surface area contributed by atoms with Crippen molar-refractivity contribution in [2.75, 3.05) is 64.4 Å². The van der Waals surface area contributed by atoms with Crippen LogP contribution in [0.3, 0.4) is 0 Å². The highest BCUT2D eigenvalue weighted by Crippen LogP contribution is 2.37. The predicted octanol–water partition coefficient (Wildman–Crippen LogP) is 3.53. The molecule has 0 radical (unpaired) electrons. The van der Waals surface area contributed by atoms with Crippen LogP contribution in [0, 0.1) is 6.92 Å². The molecule has 8 nitrogen and oxygen atoms in total. The number of allylic oxidation sites excluding steroid dienone is 1. The minimum absolute atomic E-state index is 0.0814. The Labute approximate surface area is 215 Å². The molecule has 3 aromatic rings. The third-order valence-corrected chi connectivity index (χ3v) is 7.75. The summed E-state index contributed by atoms with van der Waals surface area (Å²) in [7, 11) is 2.09. The molecule has 4 heterocycles. The molecule has 2 aliphatic heterocycles. The van der Waals surface area contributed by atoms with Crippen molar-refractivity contribution in [2.45, 2.75) is 6.92 Å². The van der Waals surface area contributed by atoms with Gasteiger partial charge < -0.3 is 25.2 Å². The Bertz CT molecular complexity index is 1300. The van der Waals surface area contributed by atoms with E-state index < -0.39 is 0 Å². The Hall–Kier alpha value is -3.27. The summed E-state index contributed by atoms with van der Waals surface area (Å²) in [6, 6.07) is 12.0. The van der Waals surface area contributed by atoms with Gasteiger partial charge in [0.25, 0.3) is 5.91 Å². The molecular formula is C27H32N6O2S. The fourth-order valence-electron chi connectivity index (χ4n) is 4.48. The molecule has 188 valence electrons. The van der Waals surface area contributed by atoms with Crippen molar-refractivity contribution in [1.82, 2.24) is 14.8 Å². The number of thiophene rings is 1. The van der Waals surface area contributed by atoms with Gasteiger partial charge >= 0.3 is 0 Å². The lowest BCUT2D eigenvalue weighted by Crippen LogP contribution is -2.46. The molecule has 0 atom stereocenters. The quantitative estimate of drug-likeness (QED) is 0.535. The van der Waals surface area contributed by atoms with E-state index in [1.807, 2.05) is 48.2 Å². The number of aliphatic imine (C=N–C) groups is 1. The van der Waals surface area contributed by atoms with Crippen LogP contribution in [-0.4, -0.2) is 86.4 Å². The van der Waals surface area contributed by atoms with Crippen LogP contribution in [0.25, 0.3) is 15.9 Å². The molecule has 9 heteroatoms. The summed E-state index contributed by atoms with van der Waals surface area (Å²) in [5.41, 5.74) is 10.9. The summed E-state index contributed by atoms with van der Waals surface area (Å²) in [6.07, 6.45) is 3.49. The molecule has 0 spiro atoms. The van der Waals surface area contributed by atoms with Crippen LogP contribution in [-0.2, 0) is 4.74 Å². The summed E-state index contributed by atoms with van der Waals surface area (Å²) in [5, 5.41) is 0. The molecule has 1 amide bonds. The Balaban J connectivity index is 1.46. The van der Waals surface area contributed by atoms with Gasteiger partial charge in [-0.1, -0.05) is 23.8 Å². The van der Waals surface area contributed by atoms with Gasteiger partial charge in [-0.2, -0.15) is 0 Å². The summed E-state index contributed by atoms with van der Waals surface area (Å²) in [5.74, 6) is 0.673. The molecule has 1 aromatic carbocycles. The van der Waals surface area contributed by atoms with Gasteiger partial charge in [0.1, 0.15) is 0 Å². The highest BCUT2D eigenvalue weighted by Gasteiger charge is 2.24. The van der Waals surface area contributed by atoms with Crippen LogP contribution < -0.4 is 10.6 Å². The lowest BCUT2D eigenvalue weighted by Gasteiger charge is -2.32. The van der Waals surface area contributed by atoms with Gasteiger partial charge in [0.05, 0.1) is 34.0 Å². The van der Waals surface area contributed by atoms with Gasteiger partial charge in [0.15, 0.2) is 5.82 Å². The minimum atomic E-state index is 0.0814. The van der Waals surface area contributed by atoms with E-state index in [1.165, 1.54) is 11.3 Å². The SMILES string of the molecule is Cc1cccc(/C(N)=C/C=Nc2cc(N3CCOCC3)c3sc(C(=O)N4CCN(C)CC4)cc3n2)c1. The number of rotatable bonds is 5. The smallest absolute Gasteiger partial charge is 0.264 e. The van der Waals surface area contributed by atoms with Crippen molar-refractivity contribution in [3.8, 4) is 0 Å². The van der Waals surface area contributed by atoms with E-state index in [0.29, 0.717) is 24.7 Å².